The van der Waals surface area contributed by atoms with Crippen LogP contribution in [-0.2, 0) is 4.74 Å². The lowest BCUT2D eigenvalue weighted by Gasteiger charge is -2.39. The first kappa shape index (κ1) is 18.6. The lowest BCUT2D eigenvalue weighted by molar-refractivity contribution is -0.0243. The van der Waals surface area contributed by atoms with Crippen molar-refractivity contribution in [2.45, 2.75) is 58.3 Å². The molecule has 3 atom stereocenters. The highest BCUT2D eigenvalue weighted by Gasteiger charge is 2.32. The third-order valence-corrected chi connectivity index (χ3v) is 5.56. The Kier molecular flexibility index (Phi) is 7.06. The topological polar surface area (TPSA) is 15.7 Å². The summed E-state index contributed by atoms with van der Waals surface area (Å²) >= 11 is 4.77. The fraction of sp³-hybridized carbons (Fsp3) is 1.00. The molecule has 0 N–H and O–H groups in total. The Bertz CT molecular complexity index is 329. The van der Waals surface area contributed by atoms with Crippen molar-refractivity contribution in [3.05, 3.63) is 0 Å². The van der Waals surface area contributed by atoms with Gasteiger partial charge >= 0.3 is 0 Å². The van der Waals surface area contributed by atoms with Crippen LogP contribution in [0.3, 0.4) is 0 Å². The summed E-state index contributed by atoms with van der Waals surface area (Å²) in [4.78, 5) is 5.06. The number of hydrogen-bond donors (Lipinski definition) is 1. The molecule has 0 aromatic rings. The highest BCUT2D eigenvalue weighted by Crippen LogP contribution is 2.39. The Labute approximate surface area is 143 Å². The molecule has 1 aliphatic heterocycles. The minimum absolute atomic E-state index is 0.341. The van der Waals surface area contributed by atoms with E-state index in [1.165, 1.54) is 52.0 Å². The molecule has 3 nitrogen and oxygen atoms in total. The van der Waals surface area contributed by atoms with Crippen LogP contribution in [0.5, 0.6) is 0 Å². The maximum absolute atomic E-state index is 6.22. The van der Waals surface area contributed by atoms with E-state index in [2.05, 4.69) is 37.5 Å². The number of hydrogen-bond acceptors (Lipinski definition) is 4. The van der Waals surface area contributed by atoms with Crippen LogP contribution in [0.1, 0.15) is 47.0 Å². The van der Waals surface area contributed by atoms with Gasteiger partial charge in [0.1, 0.15) is 0 Å². The van der Waals surface area contributed by atoms with E-state index in [9.17, 15) is 0 Å². The molecule has 2 rings (SSSR count). The molecule has 1 saturated heterocycles. The summed E-state index contributed by atoms with van der Waals surface area (Å²) in [6, 6.07) is 0. The van der Waals surface area contributed by atoms with Gasteiger partial charge < -0.3 is 9.64 Å². The number of piperazine rings is 1. The van der Waals surface area contributed by atoms with E-state index in [4.69, 9.17) is 17.4 Å². The Hall–Kier alpha value is 0.230. The zero-order valence-electron chi connectivity index (χ0n) is 15.1. The third kappa shape index (κ3) is 6.03. The fourth-order valence-electron chi connectivity index (χ4n) is 4.27. The van der Waals surface area contributed by atoms with Crippen LogP contribution < -0.4 is 0 Å². The molecule has 2 fully saturated rings. The summed E-state index contributed by atoms with van der Waals surface area (Å²) in [6.07, 6.45) is 4.19. The van der Waals surface area contributed by atoms with Crippen molar-refractivity contribution in [2.75, 3.05) is 45.9 Å². The van der Waals surface area contributed by atoms with E-state index >= 15 is 0 Å². The first-order valence-electron chi connectivity index (χ1n) is 9.12. The molecule has 0 aromatic carbocycles. The van der Waals surface area contributed by atoms with E-state index in [0.717, 1.165) is 19.1 Å². The van der Waals surface area contributed by atoms with Gasteiger partial charge in [0.15, 0.2) is 0 Å². The molecule has 1 heterocycles. The normalized spacial score (nSPS) is 32.0. The molecule has 0 amide bonds. The summed E-state index contributed by atoms with van der Waals surface area (Å²) < 4.78 is 6.22. The van der Waals surface area contributed by atoms with Crippen molar-refractivity contribution in [3.63, 3.8) is 0 Å². The van der Waals surface area contributed by atoms with E-state index in [1.807, 2.05) is 0 Å². The number of ether oxygens (including phenoxy) is 1. The average Bonchev–Trinajstić information content (AvgIpc) is 2.44. The van der Waals surface area contributed by atoms with Gasteiger partial charge in [-0.05, 0) is 37.1 Å². The molecular weight excluding hydrogens is 292 g/mol. The summed E-state index contributed by atoms with van der Waals surface area (Å²) in [5, 5.41) is 0.341. The van der Waals surface area contributed by atoms with Gasteiger partial charge in [0.05, 0.1) is 12.7 Å². The van der Waals surface area contributed by atoms with Crippen molar-refractivity contribution < 1.29 is 4.74 Å². The Morgan fingerprint density at radius 1 is 1.14 bits per heavy atom. The Morgan fingerprint density at radius 2 is 1.77 bits per heavy atom. The van der Waals surface area contributed by atoms with Crippen LogP contribution in [0, 0.1) is 11.3 Å². The predicted octanol–water partition coefficient (Wildman–Crippen LogP) is 3.15. The predicted molar refractivity (Wildman–Crippen MR) is 97.9 cm³/mol. The van der Waals surface area contributed by atoms with Gasteiger partial charge in [-0.3, -0.25) is 4.90 Å². The van der Waals surface area contributed by atoms with Crippen LogP contribution in [0.4, 0.5) is 0 Å². The molecule has 4 heteroatoms. The number of likely N-dealkylation sites (N-methyl/N-ethyl adjacent to an activating group) is 1. The van der Waals surface area contributed by atoms with Gasteiger partial charge in [0.2, 0.25) is 0 Å². The Balaban J connectivity index is 1.66. The highest BCUT2D eigenvalue weighted by atomic mass is 32.1. The van der Waals surface area contributed by atoms with Gasteiger partial charge in [-0.15, -0.1) is 0 Å². The van der Waals surface area contributed by atoms with E-state index in [-0.39, 0.29) is 0 Å². The number of rotatable bonds is 6. The average molecular weight is 329 g/mol. The largest absolute Gasteiger partial charge is 0.377 e. The van der Waals surface area contributed by atoms with Crippen molar-refractivity contribution >= 4 is 12.6 Å². The molecule has 130 valence electrons. The fourth-order valence-corrected chi connectivity index (χ4v) is 4.59. The zero-order chi connectivity index (χ0) is 16.2. The summed E-state index contributed by atoms with van der Waals surface area (Å²) in [5.41, 5.74) is 0.435. The minimum atomic E-state index is 0.341. The minimum Gasteiger partial charge on any atom is -0.377 e. The SMILES string of the molecule is CCN1CCN(C[C@@H](S)CO[C@@H]2C[C@H](C)CC(C)(C)C2)CC1. The number of nitrogens with zero attached hydrogens (tertiary/aromatic N) is 2. The van der Waals surface area contributed by atoms with Gasteiger partial charge in [-0.1, -0.05) is 27.7 Å². The van der Waals surface area contributed by atoms with Gasteiger partial charge in [-0.2, -0.15) is 12.6 Å². The monoisotopic (exact) mass is 328 g/mol. The quantitative estimate of drug-likeness (QED) is 0.754. The second-order valence-electron chi connectivity index (χ2n) is 8.26. The van der Waals surface area contributed by atoms with Crippen molar-refractivity contribution in [1.29, 1.82) is 0 Å². The molecule has 0 aromatic heterocycles. The van der Waals surface area contributed by atoms with E-state index in [1.54, 1.807) is 0 Å². The second-order valence-corrected chi connectivity index (χ2v) is 8.99. The molecule has 1 saturated carbocycles. The maximum atomic E-state index is 6.22. The zero-order valence-corrected chi connectivity index (χ0v) is 15.9. The van der Waals surface area contributed by atoms with Crippen LogP contribution in [0.15, 0.2) is 0 Å². The molecule has 1 aliphatic carbocycles. The van der Waals surface area contributed by atoms with Crippen molar-refractivity contribution in [3.8, 4) is 0 Å². The third-order valence-electron chi connectivity index (χ3n) is 5.25. The van der Waals surface area contributed by atoms with Crippen LogP contribution in [0.2, 0.25) is 0 Å². The molecule has 0 bridgehead atoms. The van der Waals surface area contributed by atoms with E-state index < -0.39 is 0 Å². The lowest BCUT2D eigenvalue weighted by Crippen LogP contribution is -2.48. The molecule has 22 heavy (non-hydrogen) atoms. The van der Waals surface area contributed by atoms with Crippen molar-refractivity contribution in [2.24, 2.45) is 11.3 Å². The first-order valence-corrected chi connectivity index (χ1v) is 9.64. The smallest absolute Gasteiger partial charge is 0.0598 e. The Morgan fingerprint density at radius 3 is 2.36 bits per heavy atom. The molecular formula is C18H36N2OS. The van der Waals surface area contributed by atoms with E-state index in [0.29, 0.717) is 16.8 Å². The van der Waals surface area contributed by atoms with Crippen LogP contribution in [0.25, 0.3) is 0 Å². The lowest BCUT2D eigenvalue weighted by atomic mass is 9.71. The van der Waals surface area contributed by atoms with Crippen molar-refractivity contribution in [1.82, 2.24) is 9.80 Å². The second kappa shape index (κ2) is 8.36. The molecule has 0 unspecified atom stereocenters. The van der Waals surface area contributed by atoms with Gasteiger partial charge in [0, 0.05) is 38.0 Å². The molecule has 0 radical (unpaired) electrons. The van der Waals surface area contributed by atoms with Crippen LogP contribution in [-0.4, -0.2) is 67.0 Å². The first-order chi connectivity index (χ1) is 10.4. The van der Waals surface area contributed by atoms with Crippen LogP contribution >= 0.6 is 12.6 Å². The summed E-state index contributed by atoms with van der Waals surface area (Å²) in [7, 11) is 0. The summed E-state index contributed by atoms with van der Waals surface area (Å²) in [6.45, 7) is 17.2. The standard InChI is InChI=1S/C18H36N2OS/c1-5-19-6-8-20(9-7-19)13-17(22)14-21-16-10-15(2)11-18(3,4)12-16/h15-17,22H,5-14H2,1-4H3/t15-,16+,17+/m0/s1. The highest BCUT2D eigenvalue weighted by molar-refractivity contribution is 7.81. The molecule has 2 aliphatic rings. The summed E-state index contributed by atoms with van der Waals surface area (Å²) in [5.74, 6) is 0.786. The molecule has 0 spiro atoms. The van der Waals surface area contributed by atoms with Gasteiger partial charge in [0.25, 0.3) is 0 Å². The van der Waals surface area contributed by atoms with Gasteiger partial charge in [-0.25, -0.2) is 0 Å². The maximum Gasteiger partial charge on any atom is 0.0598 e. The number of thiol groups is 1.